The average Bonchev–Trinajstić information content (AvgIpc) is 2.82. The topological polar surface area (TPSA) is 93.7 Å². The molecule has 4 heteroatoms. The van der Waals surface area contributed by atoms with Crippen LogP contribution in [-0.4, -0.2) is 5.87 Å². The highest BCUT2D eigenvalue weighted by atomic mass is 14.4. The summed E-state index contributed by atoms with van der Waals surface area (Å²) >= 11 is 0. The van der Waals surface area contributed by atoms with E-state index in [9.17, 15) is 0 Å². The fraction of sp³-hybridized carbons (Fsp3) is 0. The van der Waals surface area contributed by atoms with E-state index in [4.69, 9.17) is 21.2 Å². The molecule has 86 valence electrons. The second kappa shape index (κ2) is 4.86. The van der Waals surface area contributed by atoms with E-state index < -0.39 is 0 Å². The molecule has 0 aromatic heterocycles. The van der Waals surface area contributed by atoms with Crippen LogP contribution < -0.4 is 0 Å². The molecule has 0 spiro atoms. The smallest absolute Gasteiger partial charge is 0.137 e. The highest BCUT2D eigenvalue weighted by molar-refractivity contribution is 6.07. The SMILES string of the molecule is N#CC(=C=[N-])C1=CC(=C(C#N)C#N)c2ccccc21. The van der Waals surface area contributed by atoms with Gasteiger partial charge in [-0.2, -0.15) is 15.8 Å². The molecule has 2 rings (SSSR count). The fourth-order valence-electron chi connectivity index (χ4n) is 1.96. The molecule has 0 atom stereocenters. The van der Waals surface area contributed by atoms with Crippen molar-refractivity contribution in [2.45, 2.75) is 0 Å². The van der Waals surface area contributed by atoms with E-state index in [0.717, 1.165) is 0 Å². The molecule has 0 aliphatic heterocycles. The lowest BCUT2D eigenvalue weighted by molar-refractivity contribution is 1.46. The number of hydrogen-bond acceptors (Lipinski definition) is 3. The van der Waals surface area contributed by atoms with Gasteiger partial charge in [0.1, 0.15) is 23.8 Å². The standard InChI is InChI=1S/C15H5N4/c16-6-10(7-17)14-5-15(11(8-18)9-19)13-4-2-1-3-12(13)14/h1-5H/q-1. The zero-order valence-corrected chi connectivity index (χ0v) is 9.68. The molecule has 0 fully saturated rings. The normalized spacial score (nSPS) is 11.2. The van der Waals surface area contributed by atoms with Crippen molar-refractivity contribution in [1.29, 1.82) is 15.8 Å². The largest absolute Gasteiger partial charge is 0.762 e. The Bertz CT molecular complexity index is 782. The minimum Gasteiger partial charge on any atom is -0.762 e. The molecule has 0 radical (unpaired) electrons. The van der Waals surface area contributed by atoms with E-state index >= 15 is 0 Å². The Balaban J connectivity index is 2.82. The number of hydrogen-bond donors (Lipinski definition) is 0. The van der Waals surface area contributed by atoms with Crippen LogP contribution in [0.1, 0.15) is 11.1 Å². The van der Waals surface area contributed by atoms with E-state index in [1.807, 2.05) is 24.1 Å². The first kappa shape index (κ1) is 12.1. The van der Waals surface area contributed by atoms with Crippen LogP contribution in [0.25, 0.3) is 16.6 Å². The lowest BCUT2D eigenvalue weighted by Crippen LogP contribution is -1.87. The van der Waals surface area contributed by atoms with Gasteiger partial charge in [-0.15, -0.1) is 0 Å². The summed E-state index contributed by atoms with van der Waals surface area (Å²) < 4.78 is 0. The molecule has 0 amide bonds. The van der Waals surface area contributed by atoms with Crippen LogP contribution in [0.4, 0.5) is 0 Å². The highest BCUT2D eigenvalue weighted by Crippen LogP contribution is 2.39. The predicted octanol–water partition coefficient (Wildman–Crippen LogP) is 2.57. The van der Waals surface area contributed by atoms with Gasteiger partial charge in [0, 0.05) is 11.1 Å². The molecule has 0 saturated heterocycles. The first-order chi connectivity index (χ1) is 9.26. The van der Waals surface area contributed by atoms with Gasteiger partial charge in [0.25, 0.3) is 0 Å². The number of nitriles is 3. The summed E-state index contributed by atoms with van der Waals surface area (Å²) in [5.41, 5.74) is 2.24. The van der Waals surface area contributed by atoms with Crippen LogP contribution in [0.5, 0.6) is 0 Å². The lowest BCUT2D eigenvalue weighted by Gasteiger charge is -2.03. The lowest BCUT2D eigenvalue weighted by atomic mass is 9.99. The van der Waals surface area contributed by atoms with Gasteiger partial charge < -0.3 is 5.41 Å². The molecule has 0 bridgehead atoms. The summed E-state index contributed by atoms with van der Waals surface area (Å²) in [6, 6.07) is 12.6. The van der Waals surface area contributed by atoms with Crippen molar-refractivity contribution in [3.05, 3.63) is 58.0 Å². The number of rotatable bonds is 1. The van der Waals surface area contributed by atoms with Gasteiger partial charge in [-0.05, 0) is 17.2 Å². The third-order valence-corrected chi connectivity index (χ3v) is 2.78. The molecule has 0 N–H and O–H groups in total. The minimum absolute atomic E-state index is 0.0299. The van der Waals surface area contributed by atoms with Crippen molar-refractivity contribution < 1.29 is 0 Å². The third-order valence-electron chi connectivity index (χ3n) is 2.78. The van der Waals surface area contributed by atoms with Crippen LogP contribution in [0.3, 0.4) is 0 Å². The summed E-state index contributed by atoms with van der Waals surface area (Å²) in [4.78, 5) is 0. The number of benzene rings is 1. The van der Waals surface area contributed by atoms with Crippen LogP contribution in [0, 0.1) is 34.0 Å². The molecule has 1 aliphatic rings. The Morgan fingerprint density at radius 2 is 1.58 bits per heavy atom. The van der Waals surface area contributed by atoms with Gasteiger partial charge in [0.15, 0.2) is 0 Å². The summed E-state index contributed by atoms with van der Waals surface area (Å²) in [6.45, 7) is 0. The zero-order chi connectivity index (χ0) is 13.8. The maximum atomic E-state index is 8.95. The Morgan fingerprint density at radius 1 is 0.947 bits per heavy atom. The van der Waals surface area contributed by atoms with Crippen molar-refractivity contribution in [2.75, 3.05) is 0 Å². The first-order valence-corrected chi connectivity index (χ1v) is 5.30. The predicted molar refractivity (Wildman–Crippen MR) is 70.1 cm³/mol. The number of nitrogens with zero attached hydrogens (tertiary/aromatic N) is 4. The molecular formula is C15H5N4-. The van der Waals surface area contributed by atoms with Crippen molar-refractivity contribution in [3.8, 4) is 18.2 Å². The molecule has 0 heterocycles. The van der Waals surface area contributed by atoms with Gasteiger partial charge >= 0.3 is 0 Å². The van der Waals surface area contributed by atoms with Crippen LogP contribution in [0.15, 0.2) is 41.5 Å². The summed E-state index contributed by atoms with van der Waals surface area (Å²) in [5.74, 6) is 1.83. The molecule has 0 unspecified atom stereocenters. The third kappa shape index (κ3) is 1.84. The average molecular weight is 241 g/mol. The maximum absolute atomic E-state index is 8.95. The monoisotopic (exact) mass is 241 g/mol. The zero-order valence-electron chi connectivity index (χ0n) is 9.68. The maximum Gasteiger partial charge on any atom is 0.137 e. The van der Waals surface area contributed by atoms with Gasteiger partial charge in [-0.1, -0.05) is 24.3 Å². The highest BCUT2D eigenvalue weighted by Gasteiger charge is 2.22. The molecule has 4 nitrogen and oxygen atoms in total. The van der Waals surface area contributed by atoms with Gasteiger partial charge in [-0.3, -0.25) is 0 Å². The molecule has 1 aliphatic carbocycles. The van der Waals surface area contributed by atoms with E-state index in [2.05, 4.69) is 0 Å². The molecule has 1 aromatic rings. The Morgan fingerprint density at radius 3 is 2.11 bits per heavy atom. The molecule has 19 heavy (non-hydrogen) atoms. The summed E-state index contributed by atoms with van der Waals surface area (Å²) in [6.07, 6.45) is 1.55. The fourth-order valence-corrected chi connectivity index (χ4v) is 1.96. The Labute approximate surface area is 110 Å². The van der Waals surface area contributed by atoms with Gasteiger partial charge in [-0.25, -0.2) is 5.87 Å². The molecule has 1 aromatic carbocycles. The Kier molecular flexibility index (Phi) is 3.09. The Hall–Kier alpha value is -3.38. The van der Waals surface area contributed by atoms with Crippen LogP contribution in [0.2, 0.25) is 0 Å². The first-order valence-electron chi connectivity index (χ1n) is 5.30. The van der Waals surface area contributed by atoms with Crippen molar-refractivity contribution in [1.82, 2.24) is 0 Å². The minimum atomic E-state index is -0.0299. The number of fused-ring (bicyclic) bond motifs is 1. The number of allylic oxidation sites excluding steroid dienone is 5. The van der Waals surface area contributed by atoms with Crippen LogP contribution >= 0.6 is 0 Å². The quantitative estimate of drug-likeness (QED) is 0.558. The summed E-state index contributed by atoms with van der Waals surface area (Å²) in [5, 5.41) is 35.8. The molecule has 0 saturated carbocycles. The second-order valence-corrected chi connectivity index (χ2v) is 3.71. The van der Waals surface area contributed by atoms with Crippen molar-refractivity contribution >= 4 is 17.0 Å². The van der Waals surface area contributed by atoms with Crippen LogP contribution in [-0.2, 0) is 0 Å². The van der Waals surface area contributed by atoms with E-state index in [0.29, 0.717) is 22.3 Å². The van der Waals surface area contributed by atoms with Crippen molar-refractivity contribution in [3.63, 3.8) is 0 Å². The van der Waals surface area contributed by atoms with E-state index in [-0.39, 0.29) is 11.1 Å². The van der Waals surface area contributed by atoms with Crippen molar-refractivity contribution in [2.24, 2.45) is 0 Å². The van der Waals surface area contributed by atoms with Gasteiger partial charge in [0.2, 0.25) is 0 Å². The van der Waals surface area contributed by atoms with E-state index in [1.54, 1.807) is 30.3 Å². The summed E-state index contributed by atoms with van der Waals surface area (Å²) in [7, 11) is 0. The van der Waals surface area contributed by atoms with E-state index in [1.165, 1.54) is 0 Å². The second-order valence-electron chi connectivity index (χ2n) is 3.71. The van der Waals surface area contributed by atoms with Gasteiger partial charge in [0.05, 0.1) is 5.57 Å². The molecular weight excluding hydrogens is 236 g/mol.